The number of para-hydroxylation sites is 1. The molecule has 0 atom stereocenters. The molecule has 0 aliphatic carbocycles. The highest BCUT2D eigenvalue weighted by Gasteiger charge is 2.18. The first-order valence-corrected chi connectivity index (χ1v) is 7.50. The highest BCUT2D eigenvalue weighted by atomic mass is 32.2. The lowest BCUT2D eigenvalue weighted by Gasteiger charge is -2.08. The largest absolute Gasteiger partial charge is 0.333 e. The molecule has 0 saturated heterocycles. The SMILES string of the molecule is O=C(Nc1ccccc1)NS(=O)(=O)c1ccc([N+](=O)[O-])cc1. The Morgan fingerprint density at radius 1 is 1.00 bits per heavy atom. The van der Waals surface area contributed by atoms with Gasteiger partial charge in [-0.15, -0.1) is 0 Å². The molecule has 2 amide bonds. The first-order valence-electron chi connectivity index (χ1n) is 6.02. The second-order valence-electron chi connectivity index (χ2n) is 4.18. The van der Waals surface area contributed by atoms with Gasteiger partial charge >= 0.3 is 6.03 Å². The van der Waals surface area contributed by atoms with Gasteiger partial charge in [0.25, 0.3) is 15.7 Å². The standard InChI is InChI=1S/C13H11N3O5S/c17-13(14-10-4-2-1-3-5-10)15-22(20,21)12-8-6-11(7-9-12)16(18)19/h1-9H,(H2,14,15,17). The maximum atomic E-state index is 12.0. The lowest BCUT2D eigenvalue weighted by atomic mass is 10.3. The number of carbonyl (C=O) groups is 1. The van der Waals surface area contributed by atoms with E-state index in [0.29, 0.717) is 5.69 Å². The summed E-state index contributed by atoms with van der Waals surface area (Å²) < 4.78 is 25.8. The molecule has 114 valence electrons. The zero-order valence-electron chi connectivity index (χ0n) is 11.1. The first-order chi connectivity index (χ1) is 10.4. The molecule has 0 aromatic heterocycles. The number of hydrogen-bond acceptors (Lipinski definition) is 5. The molecule has 0 aliphatic rings. The van der Waals surface area contributed by atoms with Crippen LogP contribution in [0.25, 0.3) is 0 Å². The Morgan fingerprint density at radius 3 is 2.14 bits per heavy atom. The summed E-state index contributed by atoms with van der Waals surface area (Å²) in [6, 6.07) is 11.6. The highest BCUT2D eigenvalue weighted by Crippen LogP contribution is 2.15. The number of urea groups is 1. The summed E-state index contributed by atoms with van der Waals surface area (Å²) >= 11 is 0. The molecule has 2 rings (SSSR count). The van der Waals surface area contributed by atoms with Crippen LogP contribution in [-0.4, -0.2) is 19.4 Å². The lowest BCUT2D eigenvalue weighted by molar-refractivity contribution is -0.384. The normalized spacial score (nSPS) is 10.7. The van der Waals surface area contributed by atoms with E-state index in [0.717, 1.165) is 24.3 Å². The smallest absolute Gasteiger partial charge is 0.307 e. The molecular formula is C13H11N3O5S. The van der Waals surface area contributed by atoms with E-state index in [-0.39, 0.29) is 10.6 Å². The Bertz CT molecular complexity index is 788. The third-order valence-corrected chi connectivity index (χ3v) is 3.96. The molecule has 2 aromatic carbocycles. The molecule has 8 nitrogen and oxygen atoms in total. The summed E-state index contributed by atoms with van der Waals surface area (Å²) in [5, 5.41) is 12.9. The van der Waals surface area contributed by atoms with E-state index in [2.05, 4.69) is 5.32 Å². The minimum atomic E-state index is -4.11. The van der Waals surface area contributed by atoms with Gasteiger partial charge in [-0.25, -0.2) is 17.9 Å². The van der Waals surface area contributed by atoms with Crippen LogP contribution in [0.3, 0.4) is 0 Å². The third kappa shape index (κ3) is 3.79. The third-order valence-electron chi connectivity index (χ3n) is 2.62. The van der Waals surface area contributed by atoms with Gasteiger partial charge in [-0.1, -0.05) is 18.2 Å². The predicted molar refractivity (Wildman–Crippen MR) is 78.9 cm³/mol. The van der Waals surface area contributed by atoms with E-state index in [9.17, 15) is 23.3 Å². The Labute approximate surface area is 126 Å². The lowest BCUT2D eigenvalue weighted by Crippen LogP contribution is -2.34. The number of non-ortho nitro benzene ring substituents is 1. The van der Waals surface area contributed by atoms with Gasteiger partial charge in [0.2, 0.25) is 0 Å². The Kier molecular flexibility index (Phi) is 4.37. The molecule has 9 heteroatoms. The molecule has 0 spiro atoms. The molecule has 2 aromatic rings. The van der Waals surface area contributed by atoms with Crippen LogP contribution in [0.15, 0.2) is 59.5 Å². The van der Waals surface area contributed by atoms with Crippen LogP contribution in [0.5, 0.6) is 0 Å². The van der Waals surface area contributed by atoms with Gasteiger partial charge in [0, 0.05) is 17.8 Å². The van der Waals surface area contributed by atoms with Crippen molar-refractivity contribution >= 4 is 27.4 Å². The van der Waals surface area contributed by atoms with Gasteiger partial charge in [0.05, 0.1) is 9.82 Å². The quantitative estimate of drug-likeness (QED) is 0.660. The average molecular weight is 321 g/mol. The van der Waals surface area contributed by atoms with Crippen LogP contribution in [0, 0.1) is 10.1 Å². The van der Waals surface area contributed by atoms with Crippen molar-refractivity contribution in [2.45, 2.75) is 4.90 Å². The number of nitrogens with zero attached hydrogens (tertiary/aromatic N) is 1. The number of nitro groups is 1. The Balaban J connectivity index is 2.10. The van der Waals surface area contributed by atoms with Gasteiger partial charge < -0.3 is 5.32 Å². The van der Waals surface area contributed by atoms with E-state index < -0.39 is 21.0 Å². The molecule has 0 fully saturated rings. The van der Waals surface area contributed by atoms with E-state index in [1.165, 1.54) is 0 Å². The van der Waals surface area contributed by atoms with Crippen LogP contribution < -0.4 is 10.0 Å². The maximum absolute atomic E-state index is 12.0. The van der Waals surface area contributed by atoms with Crippen LogP contribution in [0.2, 0.25) is 0 Å². The van der Waals surface area contributed by atoms with E-state index in [1.807, 2.05) is 4.72 Å². The minimum Gasteiger partial charge on any atom is -0.307 e. The zero-order valence-corrected chi connectivity index (χ0v) is 11.9. The molecule has 0 heterocycles. The molecule has 0 aliphatic heterocycles. The van der Waals surface area contributed by atoms with Crippen LogP contribution in [0.1, 0.15) is 0 Å². The number of nitro benzene ring substituents is 1. The summed E-state index contributed by atoms with van der Waals surface area (Å²) in [5.41, 5.74) is 0.187. The summed E-state index contributed by atoms with van der Waals surface area (Å²) in [6.07, 6.45) is 0. The van der Waals surface area contributed by atoms with Crippen LogP contribution in [0.4, 0.5) is 16.2 Å². The molecule has 0 radical (unpaired) electrons. The molecule has 22 heavy (non-hydrogen) atoms. The van der Waals surface area contributed by atoms with E-state index >= 15 is 0 Å². The van der Waals surface area contributed by atoms with Gasteiger partial charge in [0.15, 0.2) is 0 Å². The van der Waals surface area contributed by atoms with Crippen molar-refractivity contribution in [1.29, 1.82) is 0 Å². The number of anilines is 1. The van der Waals surface area contributed by atoms with Crippen molar-refractivity contribution in [3.63, 3.8) is 0 Å². The fourth-order valence-electron chi connectivity index (χ4n) is 1.61. The summed E-state index contributed by atoms with van der Waals surface area (Å²) in [5.74, 6) is 0. The van der Waals surface area contributed by atoms with Crippen molar-refractivity contribution in [3.8, 4) is 0 Å². The topological polar surface area (TPSA) is 118 Å². The highest BCUT2D eigenvalue weighted by molar-refractivity contribution is 7.90. The number of amides is 2. The molecule has 0 unspecified atom stereocenters. The van der Waals surface area contributed by atoms with E-state index in [1.54, 1.807) is 30.3 Å². The zero-order chi connectivity index (χ0) is 16.2. The summed E-state index contributed by atoms with van der Waals surface area (Å²) in [4.78, 5) is 21.3. The fraction of sp³-hybridized carbons (Fsp3) is 0. The van der Waals surface area contributed by atoms with Crippen LogP contribution in [-0.2, 0) is 10.0 Å². The number of rotatable bonds is 4. The van der Waals surface area contributed by atoms with Crippen molar-refractivity contribution in [2.75, 3.05) is 5.32 Å². The van der Waals surface area contributed by atoms with Gasteiger partial charge in [-0.3, -0.25) is 10.1 Å². The first kappa shape index (κ1) is 15.4. The number of carbonyl (C=O) groups excluding carboxylic acids is 1. The fourth-order valence-corrected chi connectivity index (χ4v) is 2.51. The van der Waals surface area contributed by atoms with Crippen LogP contribution >= 0.6 is 0 Å². The van der Waals surface area contributed by atoms with Gasteiger partial charge in [0.1, 0.15) is 0 Å². The molecule has 0 bridgehead atoms. The molecule has 2 N–H and O–H groups in total. The summed E-state index contributed by atoms with van der Waals surface area (Å²) in [7, 11) is -4.11. The van der Waals surface area contributed by atoms with Crippen molar-refractivity contribution in [2.24, 2.45) is 0 Å². The second kappa shape index (κ2) is 6.22. The second-order valence-corrected chi connectivity index (χ2v) is 5.86. The number of hydrogen-bond donors (Lipinski definition) is 2. The number of benzene rings is 2. The monoisotopic (exact) mass is 321 g/mol. The minimum absolute atomic E-state index is 0.243. The Morgan fingerprint density at radius 2 is 1.59 bits per heavy atom. The Hall–Kier alpha value is -2.94. The summed E-state index contributed by atoms with van der Waals surface area (Å²) in [6.45, 7) is 0. The average Bonchev–Trinajstić information content (AvgIpc) is 2.47. The van der Waals surface area contributed by atoms with Gasteiger partial charge in [-0.05, 0) is 24.3 Å². The molecular weight excluding hydrogens is 310 g/mol. The van der Waals surface area contributed by atoms with Gasteiger partial charge in [-0.2, -0.15) is 0 Å². The molecule has 0 saturated carbocycles. The predicted octanol–water partition coefficient (Wildman–Crippen LogP) is 2.11. The number of sulfonamides is 1. The maximum Gasteiger partial charge on any atom is 0.333 e. The van der Waals surface area contributed by atoms with Crippen molar-refractivity contribution in [1.82, 2.24) is 4.72 Å². The van der Waals surface area contributed by atoms with E-state index in [4.69, 9.17) is 0 Å². The number of nitrogens with one attached hydrogen (secondary N) is 2. The van der Waals surface area contributed by atoms with Crippen molar-refractivity contribution in [3.05, 3.63) is 64.7 Å². The van der Waals surface area contributed by atoms with Crippen molar-refractivity contribution < 1.29 is 18.1 Å².